The van der Waals surface area contributed by atoms with Crippen molar-refractivity contribution in [3.8, 4) is 11.4 Å². The fraction of sp³-hybridized carbons (Fsp3) is 0.474. The highest BCUT2D eigenvalue weighted by molar-refractivity contribution is 7.92. The second-order valence-corrected chi connectivity index (χ2v) is 10.5. The van der Waals surface area contributed by atoms with Crippen molar-refractivity contribution in [3.05, 3.63) is 36.4 Å². The Labute approximate surface area is 173 Å². The minimum absolute atomic E-state index is 0.0410. The maximum atomic E-state index is 13.1. The van der Waals surface area contributed by atoms with Gasteiger partial charge in [0.15, 0.2) is 5.65 Å². The second-order valence-electron chi connectivity index (χ2n) is 7.92. The molecule has 4 rings (SSSR count). The largest absolute Gasteiger partial charge is 0.354 e. The van der Waals surface area contributed by atoms with Crippen LogP contribution in [0.5, 0.6) is 0 Å². The summed E-state index contributed by atoms with van der Waals surface area (Å²) in [6.07, 6.45) is 4.49. The molecule has 160 valence electrons. The van der Waals surface area contributed by atoms with Crippen LogP contribution in [-0.4, -0.2) is 60.4 Å². The molecule has 3 aromatic rings. The van der Waals surface area contributed by atoms with Gasteiger partial charge in [0.2, 0.25) is 0 Å². The first-order valence-electron chi connectivity index (χ1n) is 9.56. The number of aromatic nitrogens is 5. The molecule has 4 heterocycles. The maximum Gasteiger partial charge on any atom is 0.282 e. The number of rotatable bonds is 4. The van der Waals surface area contributed by atoms with Gasteiger partial charge in [-0.2, -0.15) is 5.10 Å². The minimum Gasteiger partial charge on any atom is -0.354 e. The lowest BCUT2D eigenvalue weighted by Crippen LogP contribution is -2.42. The first-order chi connectivity index (χ1) is 14.2. The summed E-state index contributed by atoms with van der Waals surface area (Å²) in [5.74, 6) is 1.06. The zero-order chi connectivity index (χ0) is 21.5. The topological polar surface area (TPSA) is 88.6 Å². The molecule has 1 saturated heterocycles. The predicted molar refractivity (Wildman–Crippen MR) is 111 cm³/mol. The number of imidazole rings is 1. The third-order valence-corrected chi connectivity index (χ3v) is 5.69. The van der Waals surface area contributed by atoms with Crippen LogP contribution in [0.3, 0.4) is 0 Å². The van der Waals surface area contributed by atoms with Crippen molar-refractivity contribution >= 4 is 21.2 Å². The number of halogens is 2. The van der Waals surface area contributed by atoms with Crippen molar-refractivity contribution in [1.82, 2.24) is 24.6 Å². The van der Waals surface area contributed by atoms with Crippen molar-refractivity contribution in [1.29, 1.82) is 0 Å². The molecular formula is C19H23F2N7OS. The summed E-state index contributed by atoms with van der Waals surface area (Å²) in [5.41, 5.74) is 1.18. The molecule has 30 heavy (non-hydrogen) atoms. The van der Waals surface area contributed by atoms with Crippen LogP contribution in [0.15, 0.2) is 35.1 Å². The molecule has 2 atom stereocenters. The van der Waals surface area contributed by atoms with Gasteiger partial charge in [0.05, 0.1) is 17.9 Å². The van der Waals surface area contributed by atoms with Crippen molar-refractivity contribution in [2.45, 2.75) is 25.8 Å². The molecule has 1 fully saturated rings. The fourth-order valence-corrected chi connectivity index (χ4v) is 4.65. The predicted octanol–water partition coefficient (Wildman–Crippen LogP) is 3.07. The number of hydrogen-bond donors (Lipinski definition) is 0. The summed E-state index contributed by atoms with van der Waals surface area (Å²) < 4.78 is 44.1. The van der Waals surface area contributed by atoms with E-state index in [0.29, 0.717) is 35.3 Å². The average Bonchev–Trinajstić information content (AvgIpc) is 3.09. The van der Waals surface area contributed by atoms with Crippen LogP contribution in [0.2, 0.25) is 0 Å². The molecule has 2 unspecified atom stereocenters. The van der Waals surface area contributed by atoms with E-state index in [-0.39, 0.29) is 11.7 Å². The van der Waals surface area contributed by atoms with Gasteiger partial charge in [0, 0.05) is 41.4 Å². The van der Waals surface area contributed by atoms with Crippen LogP contribution >= 0.6 is 0 Å². The number of nitrogens with zero attached hydrogens (tertiary/aromatic N) is 7. The molecule has 0 spiro atoms. The average molecular weight is 436 g/mol. The molecule has 0 radical (unpaired) electrons. The number of hydrogen-bond acceptors (Lipinski definition) is 7. The fourth-order valence-electron chi connectivity index (χ4n) is 3.78. The Hall–Kier alpha value is -2.69. The van der Waals surface area contributed by atoms with Crippen LogP contribution in [0.4, 0.5) is 14.6 Å². The van der Waals surface area contributed by atoms with Crippen LogP contribution in [0.25, 0.3) is 17.0 Å². The lowest BCUT2D eigenvalue weighted by Gasteiger charge is -2.35. The summed E-state index contributed by atoms with van der Waals surface area (Å²) in [7, 11) is -2.20. The highest BCUT2D eigenvalue weighted by atomic mass is 32.2. The maximum absolute atomic E-state index is 13.1. The van der Waals surface area contributed by atoms with Crippen LogP contribution < -0.4 is 4.90 Å². The number of alkyl halides is 2. The molecule has 0 bridgehead atoms. The molecule has 0 aromatic carbocycles. The highest BCUT2D eigenvalue weighted by Crippen LogP contribution is 2.27. The lowest BCUT2D eigenvalue weighted by molar-refractivity contribution is 0.144. The van der Waals surface area contributed by atoms with Gasteiger partial charge in [-0.25, -0.2) is 32.6 Å². The highest BCUT2D eigenvalue weighted by Gasteiger charge is 2.26. The van der Waals surface area contributed by atoms with Gasteiger partial charge in [0.25, 0.3) is 6.43 Å². The Bertz CT molecular complexity index is 1180. The van der Waals surface area contributed by atoms with E-state index in [2.05, 4.69) is 36.2 Å². The van der Waals surface area contributed by atoms with E-state index in [1.165, 1.54) is 23.0 Å². The summed E-state index contributed by atoms with van der Waals surface area (Å²) in [5, 5.41) is 4.00. The van der Waals surface area contributed by atoms with E-state index in [1.807, 2.05) is 0 Å². The van der Waals surface area contributed by atoms with Crippen LogP contribution in [0.1, 0.15) is 25.5 Å². The molecule has 3 aromatic heterocycles. The van der Waals surface area contributed by atoms with Gasteiger partial charge in [-0.05, 0) is 24.5 Å². The summed E-state index contributed by atoms with van der Waals surface area (Å²) in [6, 6.07) is 4.52. The van der Waals surface area contributed by atoms with Crippen LogP contribution in [-0.2, 0) is 9.73 Å². The Morgan fingerprint density at radius 1 is 1.20 bits per heavy atom. The van der Waals surface area contributed by atoms with Gasteiger partial charge >= 0.3 is 0 Å². The minimum atomic E-state index is -2.67. The number of fused-ring (bicyclic) bond motifs is 1. The zero-order valence-corrected chi connectivity index (χ0v) is 17.8. The normalized spacial score (nSPS) is 20.1. The first kappa shape index (κ1) is 20.6. The smallest absolute Gasteiger partial charge is 0.282 e. The Balaban J connectivity index is 1.69. The summed E-state index contributed by atoms with van der Waals surface area (Å²) in [4.78, 5) is 15.0. The molecule has 1 aliphatic heterocycles. The summed E-state index contributed by atoms with van der Waals surface area (Å²) in [6.45, 7) is 3.53. The standard InChI is InChI=1S/C19H23F2N7OS/c1-12-6-13(26-30(2,3)29)10-27(9-12)18-7-15(23-11-24-18)16-8-22-17-5-4-14(19(20)21)25-28(16)17/h4-5,7-8,11-13,19H,6,9-10H2,1-3H3. The van der Waals surface area contributed by atoms with Gasteiger partial charge < -0.3 is 4.90 Å². The van der Waals surface area contributed by atoms with E-state index >= 15 is 0 Å². The third-order valence-electron chi connectivity index (χ3n) is 4.89. The van der Waals surface area contributed by atoms with Gasteiger partial charge in [-0.3, -0.25) is 4.21 Å². The molecule has 8 nitrogen and oxygen atoms in total. The number of piperidine rings is 1. The Kier molecular flexibility index (Phi) is 5.39. The lowest BCUT2D eigenvalue weighted by atomic mass is 9.96. The zero-order valence-electron chi connectivity index (χ0n) is 16.9. The monoisotopic (exact) mass is 435 g/mol. The molecule has 0 aliphatic carbocycles. The van der Waals surface area contributed by atoms with Gasteiger partial charge in [-0.1, -0.05) is 6.92 Å². The van der Waals surface area contributed by atoms with Crippen LogP contribution in [0, 0.1) is 5.92 Å². The summed E-state index contributed by atoms with van der Waals surface area (Å²) >= 11 is 0. The first-order valence-corrected chi connectivity index (χ1v) is 11.9. The molecule has 0 N–H and O–H groups in total. The molecular weight excluding hydrogens is 412 g/mol. The Morgan fingerprint density at radius 2 is 2.00 bits per heavy atom. The molecule has 1 aliphatic rings. The van der Waals surface area contributed by atoms with E-state index in [4.69, 9.17) is 0 Å². The van der Waals surface area contributed by atoms with E-state index in [1.54, 1.807) is 24.8 Å². The van der Waals surface area contributed by atoms with E-state index in [9.17, 15) is 13.0 Å². The number of anilines is 1. The van der Waals surface area contributed by atoms with Crippen molar-refractivity contribution in [2.75, 3.05) is 30.5 Å². The van der Waals surface area contributed by atoms with Crippen molar-refractivity contribution in [2.24, 2.45) is 10.3 Å². The molecule has 0 saturated carbocycles. The Morgan fingerprint density at radius 3 is 2.73 bits per heavy atom. The van der Waals surface area contributed by atoms with Crippen molar-refractivity contribution < 1.29 is 13.0 Å². The molecule has 11 heteroatoms. The third kappa shape index (κ3) is 4.40. The SMILES string of the molecule is CC1CC(N=S(C)(C)=O)CN(c2cc(-c3cnc4ccc(C(F)F)nn34)ncn2)C1. The van der Waals surface area contributed by atoms with E-state index < -0.39 is 16.2 Å². The molecule has 0 amide bonds. The van der Waals surface area contributed by atoms with Gasteiger partial charge in [0.1, 0.15) is 23.5 Å². The van der Waals surface area contributed by atoms with Gasteiger partial charge in [-0.15, -0.1) is 0 Å². The van der Waals surface area contributed by atoms with Crippen molar-refractivity contribution in [3.63, 3.8) is 0 Å². The van der Waals surface area contributed by atoms with E-state index in [0.717, 1.165) is 13.0 Å². The second kappa shape index (κ2) is 7.86. The quantitative estimate of drug-likeness (QED) is 0.626.